The molecule has 3 rings (SSSR count). The number of hydrogen-bond donors (Lipinski definition) is 1. The zero-order valence-electron chi connectivity index (χ0n) is 11.2. The Kier molecular flexibility index (Phi) is 3.42. The van der Waals surface area contributed by atoms with E-state index in [1.807, 2.05) is 12.1 Å². The van der Waals surface area contributed by atoms with Crippen LogP contribution < -0.4 is 4.74 Å². The Hall–Kier alpha value is -1.55. The van der Waals surface area contributed by atoms with E-state index in [0.29, 0.717) is 11.8 Å². The molecule has 2 aliphatic heterocycles. The van der Waals surface area contributed by atoms with Crippen LogP contribution in [0.25, 0.3) is 0 Å². The molecular weight excluding hydrogens is 240 g/mol. The average molecular weight is 260 g/mol. The van der Waals surface area contributed by atoms with Crippen LogP contribution in [0, 0.1) is 5.92 Å². The highest BCUT2D eigenvalue weighted by atomic mass is 16.5. The van der Waals surface area contributed by atoms with E-state index >= 15 is 0 Å². The Labute approximate surface area is 113 Å². The number of rotatable bonds is 2. The number of ether oxygens (including phenoxy) is 1. The van der Waals surface area contributed by atoms with Crippen molar-refractivity contribution in [3.05, 3.63) is 29.8 Å². The standard InChI is InChI=1S/C15H20N2O2/c1-11-8-17(7-6-14(11)16-18)9-12-10-19-15-5-3-2-4-13(12)15/h2-5,11-12,18H,6-10H2,1H3/b16-14+. The Bertz CT molecular complexity index is 487. The molecule has 2 atom stereocenters. The summed E-state index contributed by atoms with van der Waals surface area (Å²) in [5.41, 5.74) is 2.26. The fraction of sp³-hybridized carbons (Fsp3) is 0.533. The van der Waals surface area contributed by atoms with Gasteiger partial charge in [0.05, 0.1) is 12.3 Å². The first-order chi connectivity index (χ1) is 9.28. The summed E-state index contributed by atoms with van der Waals surface area (Å²) in [4.78, 5) is 2.45. The highest BCUT2D eigenvalue weighted by Gasteiger charge is 2.29. The molecule has 0 amide bonds. The van der Waals surface area contributed by atoms with Crippen molar-refractivity contribution < 1.29 is 9.94 Å². The van der Waals surface area contributed by atoms with E-state index in [2.05, 4.69) is 29.1 Å². The fourth-order valence-corrected chi connectivity index (χ4v) is 3.11. The second-order valence-corrected chi connectivity index (χ2v) is 5.55. The molecule has 4 heteroatoms. The minimum Gasteiger partial charge on any atom is -0.493 e. The molecule has 0 aliphatic carbocycles. The first kappa shape index (κ1) is 12.5. The van der Waals surface area contributed by atoms with Gasteiger partial charge in [0.25, 0.3) is 0 Å². The van der Waals surface area contributed by atoms with Gasteiger partial charge >= 0.3 is 0 Å². The molecule has 0 spiro atoms. The molecule has 0 radical (unpaired) electrons. The lowest BCUT2D eigenvalue weighted by Gasteiger charge is -2.32. The van der Waals surface area contributed by atoms with Crippen molar-refractivity contribution in [2.24, 2.45) is 11.1 Å². The number of piperidine rings is 1. The number of benzene rings is 1. The molecule has 1 N–H and O–H groups in total. The van der Waals surface area contributed by atoms with Gasteiger partial charge in [-0.2, -0.15) is 0 Å². The van der Waals surface area contributed by atoms with Gasteiger partial charge in [0, 0.05) is 43.5 Å². The number of nitrogens with zero attached hydrogens (tertiary/aromatic N) is 2. The van der Waals surface area contributed by atoms with Crippen LogP contribution >= 0.6 is 0 Å². The van der Waals surface area contributed by atoms with Crippen LogP contribution in [0.2, 0.25) is 0 Å². The van der Waals surface area contributed by atoms with E-state index < -0.39 is 0 Å². The maximum Gasteiger partial charge on any atom is 0.122 e. The second-order valence-electron chi connectivity index (χ2n) is 5.55. The predicted molar refractivity (Wildman–Crippen MR) is 74.1 cm³/mol. The first-order valence-electron chi connectivity index (χ1n) is 6.93. The van der Waals surface area contributed by atoms with Crippen molar-refractivity contribution in [3.63, 3.8) is 0 Å². The third kappa shape index (κ3) is 2.45. The van der Waals surface area contributed by atoms with Crippen LogP contribution in [0.15, 0.2) is 29.4 Å². The number of oxime groups is 1. The zero-order valence-corrected chi connectivity index (χ0v) is 11.2. The van der Waals surface area contributed by atoms with Gasteiger partial charge < -0.3 is 14.8 Å². The number of fused-ring (bicyclic) bond motifs is 1. The monoisotopic (exact) mass is 260 g/mol. The second kappa shape index (κ2) is 5.21. The van der Waals surface area contributed by atoms with Crippen LogP contribution in [-0.4, -0.2) is 42.1 Å². The van der Waals surface area contributed by atoms with Gasteiger partial charge in [0.2, 0.25) is 0 Å². The third-order valence-electron chi connectivity index (χ3n) is 4.19. The lowest BCUT2D eigenvalue weighted by Crippen LogP contribution is -2.41. The number of hydrogen-bond acceptors (Lipinski definition) is 4. The van der Waals surface area contributed by atoms with Crippen molar-refractivity contribution in [2.75, 3.05) is 26.2 Å². The van der Waals surface area contributed by atoms with Crippen LogP contribution in [-0.2, 0) is 0 Å². The van der Waals surface area contributed by atoms with Crippen molar-refractivity contribution in [3.8, 4) is 5.75 Å². The van der Waals surface area contributed by atoms with Crippen LogP contribution in [0.3, 0.4) is 0 Å². The Balaban J connectivity index is 1.65. The van der Waals surface area contributed by atoms with E-state index in [9.17, 15) is 0 Å². The van der Waals surface area contributed by atoms with E-state index in [1.165, 1.54) is 5.56 Å². The molecule has 1 aromatic rings. The van der Waals surface area contributed by atoms with Crippen LogP contribution in [0.4, 0.5) is 0 Å². The minimum atomic E-state index is 0.344. The van der Waals surface area contributed by atoms with E-state index in [0.717, 1.165) is 44.1 Å². The van der Waals surface area contributed by atoms with Crippen molar-refractivity contribution in [1.29, 1.82) is 0 Å². The Morgan fingerprint density at radius 2 is 2.26 bits per heavy atom. The molecule has 2 aliphatic rings. The molecule has 1 aromatic carbocycles. The highest BCUT2D eigenvalue weighted by molar-refractivity contribution is 5.86. The van der Waals surface area contributed by atoms with Crippen molar-refractivity contribution in [1.82, 2.24) is 4.90 Å². The Morgan fingerprint density at radius 1 is 1.42 bits per heavy atom. The average Bonchev–Trinajstić information content (AvgIpc) is 2.83. The van der Waals surface area contributed by atoms with Gasteiger partial charge in [-0.1, -0.05) is 30.3 Å². The minimum absolute atomic E-state index is 0.344. The molecule has 0 aromatic heterocycles. The van der Waals surface area contributed by atoms with Crippen molar-refractivity contribution in [2.45, 2.75) is 19.3 Å². The third-order valence-corrected chi connectivity index (χ3v) is 4.19. The summed E-state index contributed by atoms with van der Waals surface area (Å²) in [5.74, 6) is 1.85. The van der Waals surface area contributed by atoms with Gasteiger partial charge in [-0.15, -0.1) is 0 Å². The van der Waals surface area contributed by atoms with E-state index in [1.54, 1.807) is 0 Å². The zero-order chi connectivity index (χ0) is 13.2. The number of para-hydroxylation sites is 1. The smallest absolute Gasteiger partial charge is 0.122 e. The topological polar surface area (TPSA) is 45.1 Å². The van der Waals surface area contributed by atoms with Crippen LogP contribution in [0.5, 0.6) is 5.75 Å². The molecule has 102 valence electrons. The SMILES string of the molecule is CC1CN(CC2COc3ccccc32)CC/C1=N\O. The van der Waals surface area contributed by atoms with Gasteiger partial charge in [0.15, 0.2) is 0 Å². The maximum atomic E-state index is 8.91. The highest BCUT2D eigenvalue weighted by Crippen LogP contribution is 2.34. The summed E-state index contributed by atoms with van der Waals surface area (Å²) in [6, 6.07) is 8.32. The first-order valence-corrected chi connectivity index (χ1v) is 6.93. The normalized spacial score (nSPS) is 29.2. The summed E-state index contributed by atoms with van der Waals surface area (Å²) < 4.78 is 5.73. The van der Waals surface area contributed by atoms with Crippen molar-refractivity contribution >= 4 is 5.71 Å². The van der Waals surface area contributed by atoms with E-state index in [-0.39, 0.29) is 0 Å². The van der Waals surface area contributed by atoms with Gasteiger partial charge in [0.1, 0.15) is 5.75 Å². The summed E-state index contributed by atoms with van der Waals surface area (Å²) in [6.07, 6.45) is 0.868. The van der Waals surface area contributed by atoms with E-state index in [4.69, 9.17) is 9.94 Å². The summed E-state index contributed by atoms with van der Waals surface area (Å²) in [6.45, 7) is 5.88. The number of likely N-dealkylation sites (tertiary alicyclic amines) is 1. The summed E-state index contributed by atoms with van der Waals surface area (Å²) in [5, 5.41) is 12.3. The quantitative estimate of drug-likeness (QED) is 0.655. The Morgan fingerprint density at radius 3 is 3.05 bits per heavy atom. The van der Waals surface area contributed by atoms with Gasteiger partial charge in [-0.25, -0.2) is 0 Å². The molecule has 2 heterocycles. The summed E-state index contributed by atoms with van der Waals surface area (Å²) >= 11 is 0. The predicted octanol–water partition coefficient (Wildman–Crippen LogP) is 2.33. The van der Waals surface area contributed by atoms with Gasteiger partial charge in [-0.05, 0) is 6.07 Å². The fourth-order valence-electron chi connectivity index (χ4n) is 3.11. The molecule has 1 fully saturated rings. The molecule has 4 nitrogen and oxygen atoms in total. The molecule has 2 unspecified atom stereocenters. The lowest BCUT2D eigenvalue weighted by atomic mass is 9.95. The lowest BCUT2D eigenvalue weighted by molar-refractivity contribution is 0.208. The largest absolute Gasteiger partial charge is 0.493 e. The molecule has 1 saturated heterocycles. The molecule has 0 saturated carbocycles. The van der Waals surface area contributed by atoms with Gasteiger partial charge in [-0.3, -0.25) is 0 Å². The molecule has 19 heavy (non-hydrogen) atoms. The van der Waals surface area contributed by atoms with Crippen LogP contribution in [0.1, 0.15) is 24.8 Å². The summed E-state index contributed by atoms with van der Waals surface area (Å²) in [7, 11) is 0. The maximum absolute atomic E-state index is 8.91. The molecular formula is C15H20N2O2. The molecule has 0 bridgehead atoms.